The van der Waals surface area contributed by atoms with Crippen molar-refractivity contribution in [3.05, 3.63) is 33.4 Å². The fourth-order valence-corrected chi connectivity index (χ4v) is 3.13. The van der Waals surface area contributed by atoms with Crippen LogP contribution in [0.4, 0.5) is 0 Å². The molecular weight excluding hydrogens is 277 g/mol. The van der Waals surface area contributed by atoms with Crippen molar-refractivity contribution in [2.24, 2.45) is 7.05 Å². The maximum Gasteiger partial charge on any atom is 0.177 e. The molecule has 0 aliphatic rings. The molecule has 0 N–H and O–H groups in total. The van der Waals surface area contributed by atoms with Gasteiger partial charge in [0.1, 0.15) is 0 Å². The number of nitrogens with zero attached hydrogens (tertiary/aromatic N) is 1. The molecule has 0 saturated carbocycles. The van der Waals surface area contributed by atoms with Crippen molar-refractivity contribution in [1.29, 1.82) is 0 Å². The van der Waals surface area contributed by atoms with E-state index in [4.69, 9.17) is 11.6 Å². The predicted molar refractivity (Wildman–Crippen MR) is 65.6 cm³/mol. The van der Waals surface area contributed by atoms with Crippen molar-refractivity contribution >= 4 is 44.2 Å². The maximum absolute atomic E-state index is 11.5. The van der Waals surface area contributed by atoms with Gasteiger partial charge in [0.2, 0.25) is 0 Å². The Morgan fingerprint density at radius 2 is 2.13 bits per heavy atom. The first kappa shape index (κ1) is 10.7. The molecule has 4 heteroatoms. The second-order valence-electron chi connectivity index (χ2n) is 3.41. The quantitative estimate of drug-likeness (QED) is 0.731. The van der Waals surface area contributed by atoms with E-state index in [2.05, 4.69) is 15.9 Å². The van der Waals surface area contributed by atoms with Crippen LogP contribution in [0, 0.1) is 0 Å². The number of fused-ring (bicyclic) bond motifs is 1. The second kappa shape index (κ2) is 3.65. The molecule has 0 spiro atoms. The molecule has 0 fully saturated rings. The summed E-state index contributed by atoms with van der Waals surface area (Å²) in [6, 6.07) is 5.64. The Bertz CT molecular complexity index is 559. The minimum Gasteiger partial charge on any atom is -0.340 e. The van der Waals surface area contributed by atoms with Gasteiger partial charge in [0.05, 0.1) is 20.7 Å². The van der Waals surface area contributed by atoms with Crippen LogP contribution in [0.2, 0.25) is 5.02 Å². The van der Waals surface area contributed by atoms with E-state index in [1.165, 1.54) is 0 Å². The Morgan fingerprint density at radius 3 is 2.67 bits per heavy atom. The minimum absolute atomic E-state index is 0.0247. The lowest BCUT2D eigenvalue weighted by Crippen LogP contribution is -2.01. The molecule has 2 aromatic rings. The van der Waals surface area contributed by atoms with Gasteiger partial charge in [-0.05, 0) is 28.1 Å². The summed E-state index contributed by atoms with van der Waals surface area (Å²) in [7, 11) is 1.86. The molecule has 0 radical (unpaired) electrons. The van der Waals surface area contributed by atoms with Crippen LogP contribution in [-0.4, -0.2) is 10.4 Å². The molecule has 0 aliphatic carbocycles. The number of aromatic nitrogens is 1. The number of rotatable bonds is 1. The van der Waals surface area contributed by atoms with E-state index in [-0.39, 0.29) is 5.78 Å². The van der Waals surface area contributed by atoms with Crippen molar-refractivity contribution in [2.45, 2.75) is 6.92 Å². The number of hydrogen-bond acceptors (Lipinski definition) is 1. The summed E-state index contributed by atoms with van der Waals surface area (Å²) in [6.45, 7) is 1.55. The van der Waals surface area contributed by atoms with E-state index in [1.807, 2.05) is 29.8 Å². The highest BCUT2D eigenvalue weighted by atomic mass is 79.9. The average molecular weight is 287 g/mol. The van der Waals surface area contributed by atoms with Crippen LogP contribution in [-0.2, 0) is 7.05 Å². The Balaban J connectivity index is 2.98. The number of Topliss-reactive ketones (excluding diaryl/α,β-unsaturated/α-hetero) is 1. The van der Waals surface area contributed by atoms with Gasteiger partial charge in [-0.1, -0.05) is 17.7 Å². The molecule has 0 amide bonds. The van der Waals surface area contributed by atoms with Gasteiger partial charge in [0.25, 0.3) is 0 Å². The predicted octanol–water partition coefficient (Wildman–Crippen LogP) is 3.80. The lowest BCUT2D eigenvalue weighted by atomic mass is 10.2. The fraction of sp³-hybridized carbons (Fsp3) is 0.182. The normalized spacial score (nSPS) is 10.9. The van der Waals surface area contributed by atoms with E-state index in [0.29, 0.717) is 10.7 Å². The molecular formula is C11H9BrClNO. The molecule has 0 aliphatic heterocycles. The van der Waals surface area contributed by atoms with Gasteiger partial charge in [0, 0.05) is 19.4 Å². The van der Waals surface area contributed by atoms with Crippen molar-refractivity contribution in [2.75, 3.05) is 0 Å². The van der Waals surface area contributed by atoms with Gasteiger partial charge in [-0.15, -0.1) is 0 Å². The summed E-state index contributed by atoms with van der Waals surface area (Å²) >= 11 is 9.53. The van der Waals surface area contributed by atoms with E-state index in [1.54, 1.807) is 6.92 Å². The summed E-state index contributed by atoms with van der Waals surface area (Å²) in [4.78, 5) is 11.5. The molecule has 0 atom stereocenters. The lowest BCUT2D eigenvalue weighted by molar-refractivity contribution is 0.101. The molecule has 1 aromatic carbocycles. The summed E-state index contributed by atoms with van der Waals surface area (Å²) in [6.07, 6.45) is 0. The molecule has 0 saturated heterocycles. The van der Waals surface area contributed by atoms with E-state index < -0.39 is 0 Å². The van der Waals surface area contributed by atoms with Crippen molar-refractivity contribution in [1.82, 2.24) is 4.57 Å². The van der Waals surface area contributed by atoms with Crippen LogP contribution in [0.25, 0.3) is 10.9 Å². The number of aryl methyl sites for hydroxylation is 1. The summed E-state index contributed by atoms with van der Waals surface area (Å²) in [5.74, 6) is 0.0247. The Labute approximate surface area is 101 Å². The zero-order chi connectivity index (χ0) is 11.2. The van der Waals surface area contributed by atoms with Crippen LogP contribution in [0.5, 0.6) is 0 Å². The maximum atomic E-state index is 11.5. The zero-order valence-electron chi connectivity index (χ0n) is 8.34. The van der Waals surface area contributed by atoms with Crippen LogP contribution in [0.1, 0.15) is 17.4 Å². The van der Waals surface area contributed by atoms with Crippen LogP contribution < -0.4 is 0 Å². The van der Waals surface area contributed by atoms with Gasteiger partial charge in [-0.25, -0.2) is 0 Å². The van der Waals surface area contributed by atoms with Gasteiger partial charge < -0.3 is 4.57 Å². The molecule has 15 heavy (non-hydrogen) atoms. The minimum atomic E-state index is 0.0247. The van der Waals surface area contributed by atoms with Gasteiger partial charge in [0.15, 0.2) is 5.78 Å². The van der Waals surface area contributed by atoms with Crippen LogP contribution in [0.3, 0.4) is 0 Å². The van der Waals surface area contributed by atoms with Gasteiger partial charge in [-0.2, -0.15) is 0 Å². The highest BCUT2D eigenvalue weighted by Gasteiger charge is 2.17. The Hall–Kier alpha value is -0.800. The van der Waals surface area contributed by atoms with Crippen LogP contribution in [0.15, 0.2) is 22.7 Å². The number of hydrogen-bond donors (Lipinski definition) is 0. The van der Waals surface area contributed by atoms with Crippen molar-refractivity contribution in [3.8, 4) is 0 Å². The molecule has 2 rings (SSSR count). The third kappa shape index (κ3) is 1.50. The Morgan fingerprint density at radius 1 is 1.47 bits per heavy atom. The van der Waals surface area contributed by atoms with Gasteiger partial charge in [-0.3, -0.25) is 4.79 Å². The van der Waals surface area contributed by atoms with Gasteiger partial charge >= 0.3 is 0 Å². The molecule has 2 nitrogen and oxygen atoms in total. The fourth-order valence-electron chi connectivity index (χ4n) is 1.79. The molecule has 78 valence electrons. The first-order chi connectivity index (χ1) is 7.04. The third-order valence-electron chi connectivity index (χ3n) is 2.45. The lowest BCUT2D eigenvalue weighted by Gasteiger charge is -1.99. The number of carbonyl (C=O) groups excluding carboxylic acids is 1. The van der Waals surface area contributed by atoms with E-state index in [0.717, 1.165) is 15.4 Å². The highest BCUT2D eigenvalue weighted by Crippen LogP contribution is 2.35. The SMILES string of the molecule is CC(=O)c1c(Br)c2c(Cl)cccc2n1C. The monoisotopic (exact) mass is 285 g/mol. The van der Waals surface area contributed by atoms with Crippen LogP contribution >= 0.6 is 27.5 Å². The van der Waals surface area contributed by atoms with Crippen molar-refractivity contribution < 1.29 is 4.79 Å². The topological polar surface area (TPSA) is 22.0 Å². The highest BCUT2D eigenvalue weighted by molar-refractivity contribution is 9.10. The first-order valence-corrected chi connectivity index (χ1v) is 5.64. The molecule has 1 aromatic heterocycles. The number of ketones is 1. The van der Waals surface area contributed by atoms with E-state index in [9.17, 15) is 4.79 Å². The zero-order valence-corrected chi connectivity index (χ0v) is 10.7. The standard InChI is InChI=1S/C11H9BrClNO/c1-6(15)11-10(12)9-7(13)4-3-5-8(9)14(11)2/h3-5H,1-2H3. The largest absolute Gasteiger partial charge is 0.340 e. The summed E-state index contributed by atoms with van der Waals surface area (Å²) < 4.78 is 2.63. The number of halogens is 2. The van der Waals surface area contributed by atoms with Crippen molar-refractivity contribution in [3.63, 3.8) is 0 Å². The number of benzene rings is 1. The summed E-state index contributed by atoms with van der Waals surface area (Å²) in [5, 5.41) is 1.55. The second-order valence-corrected chi connectivity index (χ2v) is 4.61. The number of carbonyl (C=O) groups is 1. The Kier molecular flexibility index (Phi) is 2.61. The third-order valence-corrected chi connectivity index (χ3v) is 3.54. The molecule has 0 unspecified atom stereocenters. The summed E-state index contributed by atoms with van der Waals surface area (Å²) in [5.41, 5.74) is 1.61. The smallest absolute Gasteiger partial charge is 0.177 e. The van der Waals surface area contributed by atoms with E-state index >= 15 is 0 Å². The average Bonchev–Trinajstić information content (AvgIpc) is 2.40. The molecule has 0 bridgehead atoms. The first-order valence-electron chi connectivity index (χ1n) is 4.47. The molecule has 1 heterocycles.